The molecule has 0 fully saturated rings. The lowest BCUT2D eigenvalue weighted by atomic mass is 10.1. The number of ether oxygens (including phenoxy) is 1. The number of nitrogens with zero attached hydrogens (tertiary/aromatic N) is 1. The number of carbonyl (C=O) groups is 1. The Morgan fingerprint density at radius 1 is 1.14 bits per heavy atom. The van der Waals surface area contributed by atoms with Crippen LogP contribution in [-0.4, -0.2) is 30.8 Å². The van der Waals surface area contributed by atoms with E-state index in [2.05, 4.69) is 39.1 Å². The Morgan fingerprint density at radius 2 is 1.73 bits per heavy atom. The molecule has 0 aliphatic heterocycles. The molecule has 22 heavy (non-hydrogen) atoms. The van der Waals surface area contributed by atoms with Crippen LogP contribution in [0.3, 0.4) is 0 Å². The van der Waals surface area contributed by atoms with E-state index in [4.69, 9.17) is 4.74 Å². The highest BCUT2D eigenvalue weighted by Crippen LogP contribution is 2.18. The monoisotopic (exact) mass is 306 g/mol. The van der Waals surface area contributed by atoms with E-state index < -0.39 is 0 Å². The number of hydrogen-bond donors (Lipinski definition) is 1. The fourth-order valence-corrected chi connectivity index (χ4v) is 2.37. The summed E-state index contributed by atoms with van der Waals surface area (Å²) in [5.74, 6) is 1.71. The zero-order valence-electron chi connectivity index (χ0n) is 14.8. The molecule has 0 aliphatic carbocycles. The van der Waals surface area contributed by atoms with Gasteiger partial charge < -0.3 is 15.0 Å². The summed E-state index contributed by atoms with van der Waals surface area (Å²) in [6.45, 7) is 14.2. The lowest BCUT2D eigenvalue weighted by Gasteiger charge is -2.26. The Labute approximate surface area is 134 Å². The third kappa shape index (κ3) is 6.37. The Balaban J connectivity index is 2.51. The molecule has 4 nitrogen and oxygen atoms in total. The van der Waals surface area contributed by atoms with Gasteiger partial charge >= 0.3 is 6.03 Å². The Morgan fingerprint density at radius 3 is 2.23 bits per heavy atom. The van der Waals surface area contributed by atoms with Crippen molar-refractivity contribution in [2.75, 3.05) is 19.8 Å². The zero-order valence-corrected chi connectivity index (χ0v) is 14.8. The van der Waals surface area contributed by atoms with Gasteiger partial charge in [-0.05, 0) is 37.3 Å². The first-order chi connectivity index (χ1) is 10.3. The van der Waals surface area contributed by atoms with Crippen LogP contribution >= 0.6 is 0 Å². The molecular weight excluding hydrogens is 276 g/mol. The SMILES string of the molecule is Cc1ccc(OCNC(=O)N(CC(C)C)CC(C)C)c(C)c1. The number of rotatable bonds is 7. The third-order valence-corrected chi connectivity index (χ3v) is 3.24. The molecule has 0 atom stereocenters. The van der Waals surface area contributed by atoms with Crippen molar-refractivity contribution in [1.82, 2.24) is 10.2 Å². The van der Waals surface area contributed by atoms with Crippen LogP contribution in [0, 0.1) is 25.7 Å². The van der Waals surface area contributed by atoms with E-state index in [-0.39, 0.29) is 12.8 Å². The lowest BCUT2D eigenvalue weighted by Crippen LogP contribution is -2.44. The predicted molar refractivity (Wildman–Crippen MR) is 91.2 cm³/mol. The first-order valence-electron chi connectivity index (χ1n) is 8.02. The van der Waals surface area contributed by atoms with E-state index >= 15 is 0 Å². The second kappa shape index (κ2) is 8.66. The van der Waals surface area contributed by atoms with Crippen molar-refractivity contribution < 1.29 is 9.53 Å². The smallest absolute Gasteiger partial charge is 0.320 e. The molecule has 0 aromatic heterocycles. The van der Waals surface area contributed by atoms with Crippen LogP contribution in [0.2, 0.25) is 0 Å². The topological polar surface area (TPSA) is 41.6 Å². The first kappa shape index (κ1) is 18.3. The molecule has 0 spiro atoms. The summed E-state index contributed by atoms with van der Waals surface area (Å²) in [6, 6.07) is 5.96. The van der Waals surface area contributed by atoms with Gasteiger partial charge in [0.15, 0.2) is 6.73 Å². The van der Waals surface area contributed by atoms with E-state index in [1.54, 1.807) is 0 Å². The number of aryl methyl sites for hydroxylation is 2. The standard InChI is InChI=1S/C18H30N2O2/c1-13(2)10-20(11-14(3)4)18(21)19-12-22-17-8-7-15(5)9-16(17)6/h7-9,13-14H,10-12H2,1-6H3,(H,19,21). The molecule has 1 rings (SSSR count). The fraction of sp³-hybridized carbons (Fsp3) is 0.611. The number of urea groups is 1. The lowest BCUT2D eigenvalue weighted by molar-refractivity contribution is 0.171. The van der Waals surface area contributed by atoms with Gasteiger partial charge in [0.2, 0.25) is 0 Å². The molecule has 0 unspecified atom stereocenters. The molecule has 4 heteroatoms. The quantitative estimate of drug-likeness (QED) is 0.775. The average Bonchev–Trinajstić information content (AvgIpc) is 2.39. The number of amides is 2. The van der Waals surface area contributed by atoms with Gasteiger partial charge in [0.25, 0.3) is 0 Å². The van der Waals surface area contributed by atoms with Gasteiger partial charge in [0.05, 0.1) is 0 Å². The maximum Gasteiger partial charge on any atom is 0.320 e. The minimum absolute atomic E-state index is 0.0628. The van der Waals surface area contributed by atoms with Crippen LogP contribution < -0.4 is 10.1 Å². The summed E-state index contributed by atoms with van der Waals surface area (Å²) in [5.41, 5.74) is 2.28. The minimum atomic E-state index is -0.0628. The normalized spacial score (nSPS) is 10.9. The van der Waals surface area contributed by atoms with Gasteiger partial charge in [-0.1, -0.05) is 45.4 Å². The number of nitrogens with one attached hydrogen (secondary N) is 1. The van der Waals surface area contributed by atoms with Crippen molar-refractivity contribution in [2.45, 2.75) is 41.5 Å². The Bertz CT molecular complexity index is 474. The minimum Gasteiger partial charge on any atom is -0.473 e. The van der Waals surface area contributed by atoms with Gasteiger partial charge in [-0.2, -0.15) is 0 Å². The molecule has 0 heterocycles. The molecule has 2 amide bonds. The fourth-order valence-electron chi connectivity index (χ4n) is 2.37. The van der Waals surface area contributed by atoms with Gasteiger partial charge in [0.1, 0.15) is 5.75 Å². The highest BCUT2D eigenvalue weighted by atomic mass is 16.5. The van der Waals surface area contributed by atoms with Gasteiger partial charge in [-0.3, -0.25) is 0 Å². The molecule has 0 saturated carbocycles. The van der Waals surface area contributed by atoms with Gasteiger partial charge in [-0.25, -0.2) is 4.79 Å². The summed E-state index contributed by atoms with van der Waals surface area (Å²) < 4.78 is 5.66. The van der Waals surface area contributed by atoms with Crippen molar-refractivity contribution in [3.8, 4) is 5.75 Å². The maximum atomic E-state index is 12.3. The van der Waals surface area contributed by atoms with Gasteiger partial charge in [-0.15, -0.1) is 0 Å². The molecule has 0 aliphatic rings. The highest BCUT2D eigenvalue weighted by molar-refractivity contribution is 5.74. The Hall–Kier alpha value is -1.71. The third-order valence-electron chi connectivity index (χ3n) is 3.24. The van der Waals surface area contributed by atoms with Crippen molar-refractivity contribution >= 4 is 6.03 Å². The summed E-state index contributed by atoms with van der Waals surface area (Å²) in [6.07, 6.45) is 0. The first-order valence-corrected chi connectivity index (χ1v) is 8.02. The molecule has 1 N–H and O–H groups in total. The molecule has 0 radical (unpaired) electrons. The van der Waals surface area contributed by atoms with Crippen LogP contribution in [0.15, 0.2) is 18.2 Å². The number of hydrogen-bond acceptors (Lipinski definition) is 2. The van der Waals surface area contributed by atoms with E-state index in [0.29, 0.717) is 11.8 Å². The van der Waals surface area contributed by atoms with Crippen molar-refractivity contribution in [2.24, 2.45) is 11.8 Å². The maximum absolute atomic E-state index is 12.3. The summed E-state index contributed by atoms with van der Waals surface area (Å²) in [7, 11) is 0. The number of carbonyl (C=O) groups excluding carboxylic acids is 1. The summed E-state index contributed by atoms with van der Waals surface area (Å²) >= 11 is 0. The molecule has 1 aromatic rings. The van der Waals surface area contributed by atoms with E-state index in [0.717, 1.165) is 24.4 Å². The molecule has 1 aromatic carbocycles. The molecule has 124 valence electrons. The van der Waals surface area contributed by atoms with E-state index in [9.17, 15) is 4.79 Å². The van der Waals surface area contributed by atoms with Crippen LogP contribution in [-0.2, 0) is 0 Å². The second-order valence-corrected chi connectivity index (χ2v) is 6.73. The van der Waals surface area contributed by atoms with Crippen molar-refractivity contribution in [3.05, 3.63) is 29.3 Å². The second-order valence-electron chi connectivity index (χ2n) is 6.73. The average molecular weight is 306 g/mol. The Kier molecular flexibility index (Phi) is 7.22. The molecule has 0 bridgehead atoms. The van der Waals surface area contributed by atoms with Crippen LogP contribution in [0.5, 0.6) is 5.75 Å². The largest absolute Gasteiger partial charge is 0.473 e. The van der Waals surface area contributed by atoms with E-state index in [1.807, 2.05) is 30.9 Å². The van der Waals surface area contributed by atoms with Crippen LogP contribution in [0.4, 0.5) is 4.79 Å². The van der Waals surface area contributed by atoms with Crippen molar-refractivity contribution in [1.29, 1.82) is 0 Å². The van der Waals surface area contributed by atoms with Crippen molar-refractivity contribution in [3.63, 3.8) is 0 Å². The number of benzene rings is 1. The van der Waals surface area contributed by atoms with E-state index in [1.165, 1.54) is 5.56 Å². The highest BCUT2D eigenvalue weighted by Gasteiger charge is 2.15. The van der Waals surface area contributed by atoms with Crippen LogP contribution in [0.25, 0.3) is 0 Å². The molecule has 0 saturated heterocycles. The molecular formula is C18H30N2O2. The predicted octanol–water partition coefficient (Wildman–Crippen LogP) is 3.96. The van der Waals surface area contributed by atoms with Crippen LogP contribution in [0.1, 0.15) is 38.8 Å². The van der Waals surface area contributed by atoms with Gasteiger partial charge in [0, 0.05) is 13.1 Å². The summed E-state index contributed by atoms with van der Waals surface area (Å²) in [4.78, 5) is 14.1. The summed E-state index contributed by atoms with van der Waals surface area (Å²) in [5, 5.41) is 2.85. The zero-order chi connectivity index (χ0) is 16.7.